The number of carboxylic acid groups (broad SMARTS) is 1. The number of aliphatic carboxylic acids is 1. The molecule has 1 N–H and O–H groups in total. The summed E-state index contributed by atoms with van der Waals surface area (Å²) in [5, 5.41) is 12.4. The van der Waals surface area contributed by atoms with Crippen LogP contribution < -0.4 is 0 Å². The van der Waals surface area contributed by atoms with Crippen LogP contribution in [-0.2, 0) is 11.3 Å². The molecule has 0 atom stereocenters. The Morgan fingerprint density at radius 1 is 1.73 bits per heavy atom. The Morgan fingerprint density at radius 2 is 2.47 bits per heavy atom. The monoisotopic (exact) mass is 210 g/mol. The fourth-order valence-electron chi connectivity index (χ4n) is 1.89. The molecule has 2 heterocycles. The number of hydrogen-bond acceptors (Lipinski definition) is 4. The van der Waals surface area contributed by atoms with Crippen molar-refractivity contribution in [3.63, 3.8) is 0 Å². The van der Waals surface area contributed by atoms with Gasteiger partial charge in [-0.15, -0.1) is 0 Å². The molecule has 15 heavy (non-hydrogen) atoms. The molecule has 5 heteroatoms. The Bertz CT molecular complexity index is 355. The summed E-state index contributed by atoms with van der Waals surface area (Å²) in [6.07, 6.45) is 0.270. The van der Waals surface area contributed by atoms with Gasteiger partial charge in [-0.3, -0.25) is 9.69 Å². The SMILES string of the molecule is Cc1cc(CN2CC(CC(=O)O)C2)on1. The van der Waals surface area contributed by atoms with Gasteiger partial charge in [0.25, 0.3) is 0 Å². The predicted molar refractivity (Wildman–Crippen MR) is 52.3 cm³/mol. The first-order valence-electron chi connectivity index (χ1n) is 5.00. The number of carboxylic acids is 1. The third-order valence-corrected chi connectivity index (χ3v) is 2.55. The number of rotatable bonds is 4. The fourth-order valence-corrected chi connectivity index (χ4v) is 1.89. The number of aromatic nitrogens is 1. The summed E-state index contributed by atoms with van der Waals surface area (Å²) in [5.41, 5.74) is 0.882. The average Bonchev–Trinajstić information content (AvgIpc) is 2.47. The number of aryl methyl sites for hydroxylation is 1. The molecule has 0 saturated carbocycles. The highest BCUT2D eigenvalue weighted by Crippen LogP contribution is 2.21. The van der Waals surface area contributed by atoms with Crippen LogP contribution in [0.15, 0.2) is 10.6 Å². The molecule has 0 amide bonds. The van der Waals surface area contributed by atoms with Gasteiger partial charge in [-0.2, -0.15) is 0 Å². The molecule has 82 valence electrons. The zero-order valence-electron chi connectivity index (χ0n) is 8.64. The van der Waals surface area contributed by atoms with Crippen molar-refractivity contribution in [1.29, 1.82) is 0 Å². The molecule has 0 spiro atoms. The molecule has 0 aliphatic carbocycles. The summed E-state index contributed by atoms with van der Waals surface area (Å²) in [5.74, 6) is 0.433. The minimum Gasteiger partial charge on any atom is -0.481 e. The van der Waals surface area contributed by atoms with Crippen molar-refractivity contribution in [3.05, 3.63) is 17.5 Å². The number of likely N-dealkylation sites (tertiary alicyclic amines) is 1. The van der Waals surface area contributed by atoms with E-state index in [1.54, 1.807) is 0 Å². The number of carbonyl (C=O) groups is 1. The van der Waals surface area contributed by atoms with Gasteiger partial charge in [0.1, 0.15) is 0 Å². The third-order valence-electron chi connectivity index (χ3n) is 2.55. The maximum atomic E-state index is 10.4. The van der Waals surface area contributed by atoms with Crippen molar-refractivity contribution in [2.75, 3.05) is 13.1 Å². The molecular weight excluding hydrogens is 196 g/mol. The largest absolute Gasteiger partial charge is 0.481 e. The van der Waals surface area contributed by atoms with Gasteiger partial charge in [0.2, 0.25) is 0 Å². The molecule has 1 aromatic rings. The van der Waals surface area contributed by atoms with Crippen LogP contribution in [0.4, 0.5) is 0 Å². The highest BCUT2D eigenvalue weighted by molar-refractivity contribution is 5.67. The van der Waals surface area contributed by atoms with E-state index in [0.717, 1.165) is 31.1 Å². The van der Waals surface area contributed by atoms with E-state index in [4.69, 9.17) is 9.63 Å². The summed E-state index contributed by atoms with van der Waals surface area (Å²) >= 11 is 0. The summed E-state index contributed by atoms with van der Waals surface area (Å²) in [4.78, 5) is 12.6. The van der Waals surface area contributed by atoms with Gasteiger partial charge in [-0.25, -0.2) is 0 Å². The summed E-state index contributed by atoms with van der Waals surface area (Å²) in [6.45, 7) is 4.30. The Morgan fingerprint density at radius 3 is 3.00 bits per heavy atom. The molecule has 0 unspecified atom stereocenters. The van der Waals surface area contributed by atoms with Crippen LogP contribution in [0, 0.1) is 12.8 Å². The molecule has 0 bridgehead atoms. The van der Waals surface area contributed by atoms with Crippen LogP contribution in [0.1, 0.15) is 17.9 Å². The van der Waals surface area contributed by atoms with E-state index < -0.39 is 5.97 Å². The molecule has 0 radical (unpaired) electrons. The van der Waals surface area contributed by atoms with Gasteiger partial charge < -0.3 is 9.63 Å². The molecule has 1 aliphatic rings. The zero-order chi connectivity index (χ0) is 10.8. The smallest absolute Gasteiger partial charge is 0.303 e. The molecule has 1 aliphatic heterocycles. The van der Waals surface area contributed by atoms with E-state index in [2.05, 4.69) is 10.1 Å². The summed E-state index contributed by atoms with van der Waals surface area (Å²) < 4.78 is 5.08. The lowest BCUT2D eigenvalue weighted by atomic mass is 9.96. The van der Waals surface area contributed by atoms with Gasteiger partial charge in [-0.1, -0.05) is 5.16 Å². The van der Waals surface area contributed by atoms with Crippen LogP contribution >= 0.6 is 0 Å². The maximum absolute atomic E-state index is 10.4. The highest BCUT2D eigenvalue weighted by Gasteiger charge is 2.28. The van der Waals surface area contributed by atoms with Crippen molar-refractivity contribution in [2.24, 2.45) is 5.92 Å². The van der Waals surface area contributed by atoms with Crippen molar-refractivity contribution < 1.29 is 14.4 Å². The number of nitrogens with zero attached hydrogens (tertiary/aromatic N) is 2. The average molecular weight is 210 g/mol. The van der Waals surface area contributed by atoms with E-state index >= 15 is 0 Å². The molecule has 1 fully saturated rings. The topological polar surface area (TPSA) is 66.6 Å². The van der Waals surface area contributed by atoms with Crippen LogP contribution in [0.3, 0.4) is 0 Å². The highest BCUT2D eigenvalue weighted by atomic mass is 16.5. The van der Waals surface area contributed by atoms with Gasteiger partial charge in [0.15, 0.2) is 5.76 Å². The predicted octanol–water partition coefficient (Wildman–Crippen LogP) is 0.890. The van der Waals surface area contributed by atoms with Gasteiger partial charge >= 0.3 is 5.97 Å². The fraction of sp³-hybridized carbons (Fsp3) is 0.600. The van der Waals surface area contributed by atoms with Crippen molar-refractivity contribution in [1.82, 2.24) is 10.1 Å². The lowest BCUT2D eigenvalue weighted by molar-refractivity contribution is -0.139. The second kappa shape index (κ2) is 4.02. The Hall–Kier alpha value is -1.36. The molecule has 2 rings (SSSR count). The van der Waals surface area contributed by atoms with Gasteiger partial charge in [-0.05, 0) is 12.8 Å². The van der Waals surface area contributed by atoms with Gasteiger partial charge in [0, 0.05) is 19.2 Å². The Labute approximate surface area is 87.7 Å². The van der Waals surface area contributed by atoms with Crippen molar-refractivity contribution >= 4 is 5.97 Å². The van der Waals surface area contributed by atoms with E-state index in [1.165, 1.54) is 0 Å². The molecule has 1 aromatic heterocycles. The lowest BCUT2D eigenvalue weighted by Crippen LogP contribution is -2.46. The summed E-state index contributed by atoms with van der Waals surface area (Å²) in [7, 11) is 0. The van der Waals surface area contributed by atoms with E-state index in [0.29, 0.717) is 5.92 Å². The van der Waals surface area contributed by atoms with Gasteiger partial charge in [0.05, 0.1) is 18.7 Å². The van der Waals surface area contributed by atoms with Crippen molar-refractivity contribution in [3.8, 4) is 0 Å². The quantitative estimate of drug-likeness (QED) is 0.799. The standard InChI is InChI=1S/C10H14N2O3/c1-7-2-9(15-11-7)6-12-4-8(5-12)3-10(13)14/h2,8H,3-6H2,1H3,(H,13,14). The second-order valence-electron chi connectivity index (χ2n) is 4.09. The number of hydrogen-bond donors (Lipinski definition) is 1. The summed E-state index contributed by atoms with van der Waals surface area (Å²) in [6, 6.07) is 1.91. The Balaban J connectivity index is 1.74. The molecule has 1 saturated heterocycles. The molecule has 5 nitrogen and oxygen atoms in total. The van der Waals surface area contributed by atoms with Crippen LogP contribution in [-0.4, -0.2) is 34.2 Å². The minimum atomic E-state index is -0.713. The maximum Gasteiger partial charge on any atom is 0.303 e. The van der Waals surface area contributed by atoms with Crippen LogP contribution in [0.2, 0.25) is 0 Å². The normalized spacial score (nSPS) is 17.7. The first-order valence-corrected chi connectivity index (χ1v) is 5.00. The molecule has 0 aromatic carbocycles. The van der Waals surface area contributed by atoms with E-state index in [9.17, 15) is 4.79 Å². The van der Waals surface area contributed by atoms with E-state index in [-0.39, 0.29) is 6.42 Å². The first-order chi connectivity index (χ1) is 7.13. The van der Waals surface area contributed by atoms with Crippen LogP contribution in [0.5, 0.6) is 0 Å². The Kier molecular flexibility index (Phi) is 2.73. The minimum absolute atomic E-state index is 0.270. The first kappa shape index (κ1) is 10.2. The third kappa shape index (κ3) is 2.56. The second-order valence-corrected chi connectivity index (χ2v) is 4.09. The van der Waals surface area contributed by atoms with Crippen LogP contribution in [0.25, 0.3) is 0 Å². The lowest BCUT2D eigenvalue weighted by Gasteiger charge is -2.37. The van der Waals surface area contributed by atoms with E-state index in [1.807, 2.05) is 13.0 Å². The van der Waals surface area contributed by atoms with Crippen molar-refractivity contribution in [2.45, 2.75) is 19.9 Å². The zero-order valence-corrected chi connectivity index (χ0v) is 8.64. The molecular formula is C10H14N2O3.